The Morgan fingerprint density at radius 2 is 1.65 bits per heavy atom. The third kappa shape index (κ3) is 5.08. The second-order valence-electron chi connectivity index (χ2n) is 5.00. The zero-order valence-corrected chi connectivity index (χ0v) is 13.7. The van der Waals surface area contributed by atoms with Crippen molar-refractivity contribution in [1.82, 2.24) is 0 Å². The Kier molecular flexibility index (Phi) is 5.36. The number of hydrogen-bond donors (Lipinski definition) is 2. The average molecular weight is 334 g/mol. The van der Waals surface area contributed by atoms with Gasteiger partial charge in [0.15, 0.2) is 0 Å². The van der Waals surface area contributed by atoms with E-state index < -0.39 is 10.0 Å². The number of rotatable bonds is 6. The predicted octanol–water partition coefficient (Wildman–Crippen LogP) is 2.46. The number of nitrogens with one attached hydrogen (secondary N) is 2. The van der Waals surface area contributed by atoms with Crippen LogP contribution in [0.1, 0.15) is 15.9 Å². The molecule has 0 aromatic heterocycles. The molecule has 0 saturated carbocycles. The van der Waals surface area contributed by atoms with E-state index in [4.69, 9.17) is 4.74 Å². The molecule has 1 amide bonds. The summed E-state index contributed by atoms with van der Waals surface area (Å²) in [5.41, 5.74) is 2.14. The molecule has 0 heterocycles. The van der Waals surface area contributed by atoms with Crippen LogP contribution in [0, 0.1) is 0 Å². The standard InChI is InChI=1S/C16H18N2O4S/c1-22-11-12-7-9-13(10-8-12)16(19)17-14-5-3-4-6-15(14)18-23(2,20)21/h3-10,18H,11H2,1-2H3,(H,17,19). The lowest BCUT2D eigenvalue weighted by Gasteiger charge is -2.12. The minimum Gasteiger partial charge on any atom is -0.380 e. The number of carbonyl (C=O) groups excluding carboxylic acids is 1. The average Bonchev–Trinajstić information content (AvgIpc) is 2.49. The molecule has 0 unspecified atom stereocenters. The number of methoxy groups -OCH3 is 1. The lowest BCUT2D eigenvalue weighted by atomic mass is 10.1. The van der Waals surface area contributed by atoms with Crippen LogP contribution in [0.2, 0.25) is 0 Å². The van der Waals surface area contributed by atoms with Crippen molar-refractivity contribution >= 4 is 27.3 Å². The minimum absolute atomic E-state index is 0.319. The van der Waals surface area contributed by atoms with Crippen LogP contribution in [0.3, 0.4) is 0 Å². The predicted molar refractivity (Wildman–Crippen MR) is 90.0 cm³/mol. The Bertz CT molecular complexity index is 786. The molecule has 2 aromatic carbocycles. The number of amides is 1. The molecule has 0 radical (unpaired) electrons. The molecule has 122 valence electrons. The van der Waals surface area contributed by atoms with Crippen LogP contribution in [0.5, 0.6) is 0 Å². The number of hydrogen-bond acceptors (Lipinski definition) is 4. The van der Waals surface area contributed by atoms with Crippen LogP contribution in [-0.2, 0) is 21.4 Å². The monoisotopic (exact) mass is 334 g/mol. The van der Waals surface area contributed by atoms with Gasteiger partial charge in [-0.3, -0.25) is 9.52 Å². The first-order valence-electron chi connectivity index (χ1n) is 6.85. The molecule has 0 bridgehead atoms. The number of anilines is 2. The number of para-hydroxylation sites is 2. The smallest absolute Gasteiger partial charge is 0.255 e. The van der Waals surface area contributed by atoms with Gasteiger partial charge in [0.05, 0.1) is 24.2 Å². The molecule has 0 atom stereocenters. The summed E-state index contributed by atoms with van der Waals surface area (Å²) < 4.78 is 30.1. The van der Waals surface area contributed by atoms with Crippen molar-refractivity contribution in [2.45, 2.75) is 6.61 Å². The van der Waals surface area contributed by atoms with Gasteiger partial charge in [-0.1, -0.05) is 24.3 Å². The van der Waals surface area contributed by atoms with E-state index in [0.29, 0.717) is 23.5 Å². The molecule has 23 heavy (non-hydrogen) atoms. The van der Waals surface area contributed by atoms with E-state index in [1.54, 1.807) is 55.6 Å². The molecule has 2 aromatic rings. The van der Waals surface area contributed by atoms with Gasteiger partial charge in [-0.05, 0) is 29.8 Å². The van der Waals surface area contributed by atoms with Crippen LogP contribution >= 0.6 is 0 Å². The first-order valence-corrected chi connectivity index (χ1v) is 8.74. The maximum atomic E-state index is 12.3. The largest absolute Gasteiger partial charge is 0.380 e. The van der Waals surface area contributed by atoms with Gasteiger partial charge in [0, 0.05) is 12.7 Å². The van der Waals surface area contributed by atoms with Crippen molar-refractivity contribution in [2.75, 3.05) is 23.4 Å². The van der Waals surface area contributed by atoms with Crippen molar-refractivity contribution in [3.05, 3.63) is 59.7 Å². The van der Waals surface area contributed by atoms with Gasteiger partial charge in [0.25, 0.3) is 5.91 Å². The number of benzene rings is 2. The lowest BCUT2D eigenvalue weighted by molar-refractivity contribution is 0.102. The van der Waals surface area contributed by atoms with E-state index >= 15 is 0 Å². The fourth-order valence-electron chi connectivity index (χ4n) is 1.99. The molecule has 0 spiro atoms. The minimum atomic E-state index is -3.43. The molecular formula is C16H18N2O4S. The van der Waals surface area contributed by atoms with E-state index in [0.717, 1.165) is 11.8 Å². The van der Waals surface area contributed by atoms with E-state index in [-0.39, 0.29) is 5.91 Å². The second kappa shape index (κ2) is 7.26. The Balaban J connectivity index is 2.17. The second-order valence-corrected chi connectivity index (χ2v) is 6.75. The Morgan fingerprint density at radius 3 is 2.22 bits per heavy atom. The molecule has 0 saturated heterocycles. The van der Waals surface area contributed by atoms with Gasteiger partial charge < -0.3 is 10.1 Å². The van der Waals surface area contributed by atoms with E-state index in [9.17, 15) is 13.2 Å². The van der Waals surface area contributed by atoms with Gasteiger partial charge >= 0.3 is 0 Å². The SMILES string of the molecule is COCc1ccc(C(=O)Nc2ccccc2NS(C)(=O)=O)cc1. The van der Waals surface area contributed by atoms with Crippen LogP contribution in [0.25, 0.3) is 0 Å². The summed E-state index contributed by atoms with van der Waals surface area (Å²) in [5, 5.41) is 2.70. The topological polar surface area (TPSA) is 84.5 Å². The third-order valence-corrected chi connectivity index (χ3v) is 3.59. The molecule has 2 N–H and O–H groups in total. The first-order chi connectivity index (χ1) is 10.9. The molecule has 6 nitrogen and oxygen atoms in total. The van der Waals surface area contributed by atoms with Gasteiger partial charge in [-0.25, -0.2) is 8.42 Å². The highest BCUT2D eigenvalue weighted by molar-refractivity contribution is 7.92. The maximum Gasteiger partial charge on any atom is 0.255 e. The molecule has 0 fully saturated rings. The van der Waals surface area contributed by atoms with Crippen molar-refractivity contribution in [3.8, 4) is 0 Å². The first kappa shape index (κ1) is 17.0. The normalized spacial score (nSPS) is 11.0. The summed E-state index contributed by atoms with van der Waals surface area (Å²) in [6.45, 7) is 0.475. The molecule has 0 aliphatic rings. The highest BCUT2D eigenvalue weighted by Gasteiger charge is 2.11. The quantitative estimate of drug-likeness (QED) is 0.850. The van der Waals surface area contributed by atoms with Gasteiger partial charge in [0.1, 0.15) is 0 Å². The Morgan fingerprint density at radius 1 is 1.04 bits per heavy atom. The summed E-state index contributed by atoms with van der Waals surface area (Å²) in [6, 6.07) is 13.6. The lowest BCUT2D eigenvalue weighted by Crippen LogP contribution is -2.16. The van der Waals surface area contributed by atoms with Crippen molar-refractivity contribution in [1.29, 1.82) is 0 Å². The summed E-state index contributed by atoms with van der Waals surface area (Å²) in [5.74, 6) is -0.322. The van der Waals surface area contributed by atoms with Crippen molar-refractivity contribution in [2.24, 2.45) is 0 Å². The van der Waals surface area contributed by atoms with E-state index in [2.05, 4.69) is 10.0 Å². The number of carbonyl (C=O) groups is 1. The van der Waals surface area contributed by atoms with Crippen molar-refractivity contribution < 1.29 is 17.9 Å². The van der Waals surface area contributed by atoms with Crippen LogP contribution < -0.4 is 10.0 Å². The summed E-state index contributed by atoms with van der Waals surface area (Å²) in [7, 11) is -1.82. The molecule has 0 aliphatic carbocycles. The zero-order valence-electron chi connectivity index (χ0n) is 12.9. The van der Waals surface area contributed by atoms with E-state index in [1.807, 2.05) is 0 Å². The maximum absolute atomic E-state index is 12.3. The molecule has 7 heteroatoms. The number of ether oxygens (including phenoxy) is 1. The molecule has 0 aliphatic heterocycles. The Hall–Kier alpha value is -2.38. The van der Waals surface area contributed by atoms with Gasteiger partial charge in [0.2, 0.25) is 10.0 Å². The van der Waals surface area contributed by atoms with E-state index in [1.165, 1.54) is 0 Å². The summed E-state index contributed by atoms with van der Waals surface area (Å²) >= 11 is 0. The Labute approximate surface area is 135 Å². The zero-order chi connectivity index (χ0) is 16.9. The highest BCUT2D eigenvalue weighted by atomic mass is 32.2. The van der Waals surface area contributed by atoms with Crippen molar-refractivity contribution in [3.63, 3.8) is 0 Å². The van der Waals surface area contributed by atoms with Gasteiger partial charge in [-0.15, -0.1) is 0 Å². The van der Waals surface area contributed by atoms with Gasteiger partial charge in [-0.2, -0.15) is 0 Å². The van der Waals surface area contributed by atoms with Crippen LogP contribution in [0.15, 0.2) is 48.5 Å². The number of sulfonamides is 1. The van der Waals surface area contributed by atoms with Crippen LogP contribution in [-0.4, -0.2) is 27.7 Å². The molecule has 2 rings (SSSR count). The summed E-state index contributed by atoms with van der Waals surface area (Å²) in [4.78, 5) is 12.3. The fourth-order valence-corrected chi connectivity index (χ4v) is 2.57. The van der Waals surface area contributed by atoms with Crippen LogP contribution in [0.4, 0.5) is 11.4 Å². The fraction of sp³-hybridized carbons (Fsp3) is 0.188. The third-order valence-electron chi connectivity index (χ3n) is 3.00. The summed E-state index contributed by atoms with van der Waals surface area (Å²) in [6.07, 6.45) is 1.06. The highest BCUT2D eigenvalue weighted by Crippen LogP contribution is 2.22. The molecular weight excluding hydrogens is 316 g/mol.